The quantitative estimate of drug-likeness (QED) is 0.216. The molecule has 140 valence electrons. The molecule has 1 aliphatic rings. The molecule has 4 nitrogen and oxygen atoms in total. The summed E-state index contributed by atoms with van der Waals surface area (Å²) in [6.07, 6.45) is 7.86. The van der Waals surface area contributed by atoms with E-state index in [0.717, 1.165) is 38.0 Å². The van der Waals surface area contributed by atoms with Crippen LogP contribution in [-0.2, 0) is 19.0 Å². The standard InChI is InChI=1S/C18H31IO4S/c1-3-5-13-24-18(19)15(14-16(20)21-4-2)9-8-12-23-17-10-6-7-11-22-17/h17H,3-14H2,1-2H3/b18-15+. The van der Waals surface area contributed by atoms with Crippen LogP contribution in [0.25, 0.3) is 0 Å². The van der Waals surface area contributed by atoms with E-state index < -0.39 is 0 Å². The van der Waals surface area contributed by atoms with Crippen LogP contribution < -0.4 is 0 Å². The molecule has 24 heavy (non-hydrogen) atoms. The topological polar surface area (TPSA) is 44.8 Å². The second kappa shape index (κ2) is 14.4. The van der Waals surface area contributed by atoms with Crippen LogP contribution in [0.2, 0.25) is 0 Å². The molecule has 0 N–H and O–H groups in total. The highest BCUT2D eigenvalue weighted by Crippen LogP contribution is 2.32. The van der Waals surface area contributed by atoms with Crippen LogP contribution in [0.3, 0.4) is 0 Å². The van der Waals surface area contributed by atoms with Crippen LogP contribution in [0.15, 0.2) is 8.48 Å². The maximum Gasteiger partial charge on any atom is 0.309 e. The van der Waals surface area contributed by atoms with Crippen LogP contribution in [0.1, 0.15) is 65.2 Å². The minimum atomic E-state index is -0.130. The molecular formula is C18H31IO4S. The van der Waals surface area contributed by atoms with Gasteiger partial charge in [-0.3, -0.25) is 4.79 Å². The summed E-state index contributed by atoms with van der Waals surface area (Å²) in [6, 6.07) is 0. The first-order chi connectivity index (χ1) is 11.7. The van der Waals surface area contributed by atoms with Gasteiger partial charge in [0.15, 0.2) is 6.29 Å². The van der Waals surface area contributed by atoms with Gasteiger partial charge in [-0.15, -0.1) is 11.8 Å². The Morgan fingerprint density at radius 1 is 1.29 bits per heavy atom. The molecule has 0 bridgehead atoms. The second-order valence-corrected chi connectivity index (χ2v) is 8.75. The number of carbonyl (C=O) groups excluding carboxylic acids is 1. The van der Waals surface area contributed by atoms with Gasteiger partial charge in [-0.2, -0.15) is 0 Å². The Labute approximate surface area is 164 Å². The maximum atomic E-state index is 11.8. The molecule has 0 saturated carbocycles. The number of hydrogen-bond acceptors (Lipinski definition) is 5. The summed E-state index contributed by atoms with van der Waals surface area (Å²) < 4.78 is 17.7. The maximum absolute atomic E-state index is 11.8. The summed E-state index contributed by atoms with van der Waals surface area (Å²) in [5.41, 5.74) is 1.18. The van der Waals surface area contributed by atoms with E-state index >= 15 is 0 Å². The van der Waals surface area contributed by atoms with Crippen LogP contribution in [0.5, 0.6) is 0 Å². The third-order valence-corrected chi connectivity index (χ3v) is 6.46. The molecule has 1 saturated heterocycles. The number of thioether (sulfide) groups is 1. The van der Waals surface area contributed by atoms with E-state index in [1.54, 1.807) is 0 Å². The van der Waals surface area contributed by atoms with E-state index in [1.807, 2.05) is 18.7 Å². The van der Waals surface area contributed by atoms with Gasteiger partial charge in [0.25, 0.3) is 0 Å². The zero-order chi connectivity index (χ0) is 17.6. The summed E-state index contributed by atoms with van der Waals surface area (Å²) in [7, 11) is 0. The summed E-state index contributed by atoms with van der Waals surface area (Å²) in [5.74, 6) is 0.974. The smallest absolute Gasteiger partial charge is 0.309 e. The number of unbranched alkanes of at least 4 members (excludes halogenated alkanes) is 1. The van der Waals surface area contributed by atoms with Gasteiger partial charge in [0, 0.05) is 9.52 Å². The highest BCUT2D eigenvalue weighted by Gasteiger charge is 2.15. The summed E-state index contributed by atoms with van der Waals surface area (Å²) in [4.78, 5) is 11.8. The summed E-state index contributed by atoms with van der Waals surface area (Å²) in [6.45, 7) is 5.97. The Hall–Kier alpha value is 0.210. The van der Waals surface area contributed by atoms with Gasteiger partial charge < -0.3 is 14.2 Å². The van der Waals surface area contributed by atoms with Gasteiger partial charge in [-0.05, 0) is 79.4 Å². The van der Waals surface area contributed by atoms with E-state index in [4.69, 9.17) is 14.2 Å². The predicted molar refractivity (Wildman–Crippen MR) is 108 cm³/mol. The van der Waals surface area contributed by atoms with Gasteiger partial charge in [0.05, 0.1) is 19.6 Å². The molecule has 0 aromatic carbocycles. The van der Waals surface area contributed by atoms with Crippen LogP contribution in [0.4, 0.5) is 0 Å². The van der Waals surface area contributed by atoms with Crippen molar-refractivity contribution in [1.29, 1.82) is 0 Å². The van der Waals surface area contributed by atoms with Crippen LogP contribution in [-0.4, -0.2) is 37.8 Å². The molecule has 1 fully saturated rings. The van der Waals surface area contributed by atoms with Crippen molar-refractivity contribution in [3.05, 3.63) is 8.48 Å². The highest BCUT2D eigenvalue weighted by molar-refractivity contribution is 14.1. The Bertz CT molecular complexity index is 381. The largest absolute Gasteiger partial charge is 0.466 e. The van der Waals surface area contributed by atoms with Crippen molar-refractivity contribution in [3.8, 4) is 0 Å². The van der Waals surface area contributed by atoms with Crippen molar-refractivity contribution in [2.24, 2.45) is 0 Å². The van der Waals surface area contributed by atoms with Crippen molar-refractivity contribution >= 4 is 40.3 Å². The fourth-order valence-corrected chi connectivity index (χ4v) is 4.51. The molecule has 0 aromatic heterocycles. The number of esters is 1. The fraction of sp³-hybridized carbons (Fsp3) is 0.833. The molecule has 0 aliphatic carbocycles. The first-order valence-corrected chi connectivity index (χ1v) is 11.1. The van der Waals surface area contributed by atoms with E-state index in [0.29, 0.717) is 19.6 Å². The average Bonchev–Trinajstić information content (AvgIpc) is 2.59. The Balaban J connectivity index is 2.41. The second-order valence-electron chi connectivity index (χ2n) is 5.83. The molecule has 0 amide bonds. The van der Waals surface area contributed by atoms with Gasteiger partial charge in [0.2, 0.25) is 0 Å². The Morgan fingerprint density at radius 2 is 2.12 bits per heavy atom. The third-order valence-electron chi connectivity index (χ3n) is 3.73. The third kappa shape index (κ3) is 10.3. The minimum absolute atomic E-state index is 0.0331. The molecule has 1 aliphatic heterocycles. The van der Waals surface area contributed by atoms with E-state index in [9.17, 15) is 4.79 Å². The molecular weight excluding hydrogens is 439 g/mol. The molecule has 1 heterocycles. The van der Waals surface area contributed by atoms with Gasteiger partial charge in [-0.1, -0.05) is 13.3 Å². The van der Waals surface area contributed by atoms with Crippen molar-refractivity contribution < 1.29 is 19.0 Å². The van der Waals surface area contributed by atoms with Crippen LogP contribution in [0, 0.1) is 0 Å². The number of ether oxygens (including phenoxy) is 3. The Kier molecular flexibility index (Phi) is 13.3. The lowest BCUT2D eigenvalue weighted by atomic mass is 10.1. The number of halogens is 1. The highest BCUT2D eigenvalue weighted by atomic mass is 127. The predicted octanol–water partition coefficient (Wildman–Crippen LogP) is 5.44. The summed E-state index contributed by atoms with van der Waals surface area (Å²) >= 11 is 4.22. The lowest BCUT2D eigenvalue weighted by molar-refractivity contribution is -0.162. The zero-order valence-electron chi connectivity index (χ0n) is 15.0. The summed E-state index contributed by atoms with van der Waals surface area (Å²) in [5, 5.41) is 0. The SMILES string of the molecule is CCCCS/C(I)=C(\CCCOC1CCCCO1)CC(=O)OCC. The van der Waals surface area contributed by atoms with Crippen molar-refractivity contribution in [2.45, 2.75) is 71.5 Å². The lowest BCUT2D eigenvalue weighted by Gasteiger charge is -2.22. The molecule has 1 atom stereocenters. The minimum Gasteiger partial charge on any atom is -0.466 e. The van der Waals surface area contributed by atoms with Gasteiger partial charge in [-0.25, -0.2) is 0 Å². The van der Waals surface area contributed by atoms with Crippen LogP contribution >= 0.6 is 34.4 Å². The van der Waals surface area contributed by atoms with Crippen molar-refractivity contribution in [2.75, 3.05) is 25.6 Å². The first kappa shape index (κ1) is 22.3. The van der Waals surface area contributed by atoms with Crippen molar-refractivity contribution in [1.82, 2.24) is 0 Å². The number of carbonyl (C=O) groups is 1. The zero-order valence-corrected chi connectivity index (χ0v) is 18.0. The average molecular weight is 470 g/mol. The van der Waals surface area contributed by atoms with E-state index in [-0.39, 0.29) is 12.3 Å². The molecule has 0 spiro atoms. The molecule has 6 heteroatoms. The molecule has 1 unspecified atom stereocenters. The number of hydrogen-bond donors (Lipinski definition) is 0. The Morgan fingerprint density at radius 3 is 2.79 bits per heavy atom. The fourth-order valence-electron chi connectivity index (χ4n) is 2.39. The van der Waals surface area contributed by atoms with E-state index in [1.165, 1.54) is 27.7 Å². The van der Waals surface area contributed by atoms with Gasteiger partial charge >= 0.3 is 5.97 Å². The van der Waals surface area contributed by atoms with Gasteiger partial charge in [0.1, 0.15) is 0 Å². The lowest BCUT2D eigenvalue weighted by Crippen LogP contribution is -2.22. The monoisotopic (exact) mass is 470 g/mol. The normalized spacial score (nSPS) is 19.0. The first-order valence-electron chi connectivity index (χ1n) is 9.06. The molecule has 0 aromatic rings. The van der Waals surface area contributed by atoms with E-state index in [2.05, 4.69) is 29.5 Å². The molecule has 0 radical (unpaired) electrons. The molecule has 1 rings (SSSR count). The van der Waals surface area contributed by atoms with Crippen molar-refractivity contribution in [3.63, 3.8) is 0 Å². The number of rotatable bonds is 12.